The van der Waals surface area contributed by atoms with Crippen LogP contribution < -0.4 is 20.1 Å². The van der Waals surface area contributed by atoms with Crippen molar-refractivity contribution in [3.05, 3.63) is 46.2 Å². The Kier molecular flexibility index (Phi) is 7.66. The summed E-state index contributed by atoms with van der Waals surface area (Å²) in [5.74, 6) is 1.33. The molecule has 0 bridgehead atoms. The number of aryl methyl sites for hydroxylation is 1. The Morgan fingerprint density at radius 3 is 2.74 bits per heavy atom. The van der Waals surface area contributed by atoms with Crippen LogP contribution in [-0.2, 0) is 6.42 Å². The number of carbonyl (C=O) groups is 1. The van der Waals surface area contributed by atoms with Crippen LogP contribution in [0.3, 0.4) is 0 Å². The van der Waals surface area contributed by atoms with Crippen molar-refractivity contribution in [2.75, 3.05) is 39.4 Å². The Morgan fingerprint density at radius 2 is 1.97 bits per heavy atom. The molecule has 0 saturated carbocycles. The van der Waals surface area contributed by atoms with Crippen molar-refractivity contribution >= 4 is 17.4 Å². The van der Waals surface area contributed by atoms with Crippen molar-refractivity contribution < 1.29 is 19.4 Å². The van der Waals surface area contributed by atoms with Crippen LogP contribution in [0.2, 0.25) is 0 Å². The van der Waals surface area contributed by atoms with E-state index in [1.54, 1.807) is 11.3 Å². The van der Waals surface area contributed by atoms with Gasteiger partial charge >= 0.3 is 6.03 Å². The summed E-state index contributed by atoms with van der Waals surface area (Å²) < 4.78 is 11.2. The molecule has 1 saturated heterocycles. The van der Waals surface area contributed by atoms with E-state index >= 15 is 0 Å². The molecule has 0 unspecified atom stereocenters. The molecule has 2 aliphatic heterocycles. The van der Waals surface area contributed by atoms with Crippen LogP contribution in [0.15, 0.2) is 35.7 Å². The van der Waals surface area contributed by atoms with Crippen molar-refractivity contribution in [1.29, 1.82) is 0 Å². The summed E-state index contributed by atoms with van der Waals surface area (Å²) in [5, 5.41) is 19.1. The molecule has 2 atom stereocenters. The molecule has 0 radical (unpaired) electrons. The summed E-state index contributed by atoms with van der Waals surface area (Å²) >= 11 is 1.74. The molecular formula is C23H31N3O4S. The van der Waals surface area contributed by atoms with Gasteiger partial charge < -0.3 is 30.1 Å². The molecule has 3 N–H and O–H groups in total. The zero-order chi connectivity index (χ0) is 21.5. The van der Waals surface area contributed by atoms with Gasteiger partial charge in [-0.05, 0) is 67.9 Å². The molecule has 7 nitrogen and oxygen atoms in total. The number of aliphatic hydroxyl groups excluding tert-OH is 1. The second-order valence-corrected chi connectivity index (χ2v) is 9.08. The lowest BCUT2D eigenvalue weighted by atomic mass is 10.0. The lowest BCUT2D eigenvalue weighted by molar-refractivity contribution is 0.108. The number of carbonyl (C=O) groups excluding carboxylic acids is 1. The van der Waals surface area contributed by atoms with Gasteiger partial charge in [-0.15, -0.1) is 11.3 Å². The van der Waals surface area contributed by atoms with Gasteiger partial charge in [0.15, 0.2) is 11.5 Å². The first-order valence-electron chi connectivity index (χ1n) is 11.1. The number of likely N-dealkylation sites (tertiary alicyclic amines) is 1. The lowest BCUT2D eigenvalue weighted by Gasteiger charge is -2.29. The van der Waals surface area contributed by atoms with Crippen molar-refractivity contribution in [3.63, 3.8) is 0 Å². The highest BCUT2D eigenvalue weighted by Crippen LogP contribution is 2.33. The third-order valence-corrected chi connectivity index (χ3v) is 6.66. The summed E-state index contributed by atoms with van der Waals surface area (Å²) in [6.07, 6.45) is 3.31. The topological polar surface area (TPSA) is 83.1 Å². The van der Waals surface area contributed by atoms with E-state index < -0.39 is 12.1 Å². The van der Waals surface area contributed by atoms with E-state index in [2.05, 4.69) is 27.0 Å². The van der Waals surface area contributed by atoms with Gasteiger partial charge in [-0.25, -0.2) is 4.79 Å². The van der Waals surface area contributed by atoms with Crippen LogP contribution in [0.4, 0.5) is 4.79 Å². The molecule has 1 aromatic heterocycles. The molecule has 1 fully saturated rings. The number of aliphatic hydroxyl groups is 1. The predicted molar refractivity (Wildman–Crippen MR) is 121 cm³/mol. The number of nitrogens with zero attached hydrogens (tertiary/aromatic N) is 1. The molecule has 168 valence electrons. The minimum Gasteiger partial charge on any atom is -0.486 e. The fourth-order valence-corrected chi connectivity index (χ4v) is 4.83. The number of benzene rings is 1. The number of hydrogen-bond acceptors (Lipinski definition) is 6. The summed E-state index contributed by atoms with van der Waals surface area (Å²) in [5.41, 5.74) is 0.714. The monoisotopic (exact) mass is 445 g/mol. The molecule has 2 amide bonds. The average molecular weight is 446 g/mol. The summed E-state index contributed by atoms with van der Waals surface area (Å²) in [7, 11) is 0. The minimum atomic E-state index is -0.840. The number of thiophene rings is 1. The number of ether oxygens (including phenoxy) is 2. The predicted octanol–water partition coefficient (Wildman–Crippen LogP) is 2.95. The molecule has 2 aromatic rings. The molecule has 2 aliphatic rings. The standard InChI is InChI=1S/C23H31N3O4S/c27-22(17-7-8-20-21(15-17)30-13-12-29-20)19(16-26-10-1-2-11-26)25-23(28)24-9-3-5-18-6-4-14-31-18/h4,6-8,14-15,19,22,27H,1-3,5,9-13,16H2,(H2,24,25,28)/t19-,22-/m1/s1. The zero-order valence-electron chi connectivity index (χ0n) is 17.7. The quantitative estimate of drug-likeness (QED) is 0.517. The van der Waals surface area contributed by atoms with Gasteiger partial charge in [0.05, 0.1) is 6.04 Å². The normalized spacial score (nSPS) is 17.8. The number of rotatable bonds is 9. The SMILES string of the molecule is O=C(NCCCc1cccs1)N[C@H](CN1CCCC1)[C@H](O)c1ccc2c(c1)OCCO2. The fraction of sp³-hybridized carbons (Fsp3) is 0.522. The van der Waals surface area contributed by atoms with E-state index in [0.29, 0.717) is 43.4 Å². The molecule has 31 heavy (non-hydrogen) atoms. The largest absolute Gasteiger partial charge is 0.486 e. The third kappa shape index (κ3) is 6.12. The zero-order valence-corrected chi connectivity index (χ0v) is 18.5. The maximum absolute atomic E-state index is 12.6. The summed E-state index contributed by atoms with van der Waals surface area (Å²) in [6, 6.07) is 8.98. The molecule has 0 aliphatic carbocycles. The van der Waals surface area contributed by atoms with E-state index in [-0.39, 0.29) is 6.03 Å². The maximum atomic E-state index is 12.6. The molecular weight excluding hydrogens is 414 g/mol. The van der Waals surface area contributed by atoms with Gasteiger partial charge in [-0.2, -0.15) is 0 Å². The first-order chi connectivity index (χ1) is 15.2. The molecule has 8 heteroatoms. The second-order valence-electron chi connectivity index (χ2n) is 8.05. The smallest absolute Gasteiger partial charge is 0.315 e. The number of nitrogens with one attached hydrogen (secondary N) is 2. The fourth-order valence-electron chi connectivity index (χ4n) is 4.08. The van der Waals surface area contributed by atoms with Gasteiger partial charge in [-0.3, -0.25) is 0 Å². The van der Waals surface area contributed by atoms with E-state index in [1.807, 2.05) is 24.3 Å². The third-order valence-electron chi connectivity index (χ3n) is 5.72. The molecule has 0 spiro atoms. The Labute approximate surface area is 187 Å². The van der Waals surface area contributed by atoms with E-state index in [4.69, 9.17) is 9.47 Å². The van der Waals surface area contributed by atoms with Crippen molar-refractivity contribution in [2.45, 2.75) is 37.8 Å². The van der Waals surface area contributed by atoms with E-state index in [9.17, 15) is 9.90 Å². The Morgan fingerprint density at radius 1 is 1.16 bits per heavy atom. The number of urea groups is 1. The van der Waals surface area contributed by atoms with Crippen molar-refractivity contribution in [3.8, 4) is 11.5 Å². The number of amides is 2. The lowest BCUT2D eigenvalue weighted by Crippen LogP contribution is -2.50. The highest BCUT2D eigenvalue weighted by molar-refractivity contribution is 7.09. The van der Waals surface area contributed by atoms with Crippen molar-refractivity contribution in [2.24, 2.45) is 0 Å². The van der Waals surface area contributed by atoms with Crippen LogP contribution in [0, 0.1) is 0 Å². The van der Waals surface area contributed by atoms with Crippen LogP contribution >= 0.6 is 11.3 Å². The van der Waals surface area contributed by atoms with Crippen LogP contribution in [-0.4, -0.2) is 61.5 Å². The van der Waals surface area contributed by atoms with E-state index in [0.717, 1.165) is 38.8 Å². The van der Waals surface area contributed by atoms with Crippen LogP contribution in [0.25, 0.3) is 0 Å². The molecule has 3 heterocycles. The van der Waals surface area contributed by atoms with Crippen molar-refractivity contribution in [1.82, 2.24) is 15.5 Å². The van der Waals surface area contributed by atoms with Gasteiger partial charge in [-0.1, -0.05) is 12.1 Å². The first-order valence-corrected chi connectivity index (χ1v) is 11.9. The van der Waals surface area contributed by atoms with Gasteiger partial charge in [0.25, 0.3) is 0 Å². The van der Waals surface area contributed by atoms with Gasteiger partial charge in [0.2, 0.25) is 0 Å². The second kappa shape index (κ2) is 10.8. The Balaban J connectivity index is 1.35. The molecule has 1 aromatic carbocycles. The highest BCUT2D eigenvalue weighted by atomic mass is 32.1. The Bertz CT molecular complexity index is 839. The van der Waals surface area contributed by atoms with E-state index in [1.165, 1.54) is 4.88 Å². The number of fused-ring (bicyclic) bond motifs is 1. The maximum Gasteiger partial charge on any atom is 0.315 e. The first kappa shape index (κ1) is 21.9. The highest BCUT2D eigenvalue weighted by Gasteiger charge is 2.27. The van der Waals surface area contributed by atoms with Gasteiger partial charge in [0, 0.05) is 18.0 Å². The Hall–Kier alpha value is -2.29. The summed E-state index contributed by atoms with van der Waals surface area (Å²) in [4.78, 5) is 16.2. The van der Waals surface area contributed by atoms with Crippen LogP contribution in [0.1, 0.15) is 35.8 Å². The molecule has 4 rings (SSSR count). The minimum absolute atomic E-state index is 0.244. The number of hydrogen-bond donors (Lipinski definition) is 3. The van der Waals surface area contributed by atoms with Gasteiger partial charge in [0.1, 0.15) is 19.3 Å². The summed E-state index contributed by atoms with van der Waals surface area (Å²) in [6.45, 7) is 4.22. The average Bonchev–Trinajstić information content (AvgIpc) is 3.50. The van der Waals surface area contributed by atoms with Crippen LogP contribution in [0.5, 0.6) is 11.5 Å².